The molecular weight excluding hydrogens is 348 g/mol. The third-order valence-corrected chi connectivity index (χ3v) is 5.99. The van der Waals surface area contributed by atoms with E-state index in [4.69, 9.17) is 5.73 Å². The van der Waals surface area contributed by atoms with Crippen LogP contribution in [0.1, 0.15) is 30.0 Å². The summed E-state index contributed by atoms with van der Waals surface area (Å²) in [6.45, 7) is 3.95. The second kappa shape index (κ2) is 7.28. The summed E-state index contributed by atoms with van der Waals surface area (Å²) >= 11 is 0. The number of anilines is 2. The van der Waals surface area contributed by atoms with Crippen molar-refractivity contribution >= 4 is 11.5 Å². The Morgan fingerprint density at radius 2 is 1.86 bits per heavy atom. The van der Waals surface area contributed by atoms with Crippen molar-refractivity contribution in [2.45, 2.75) is 31.8 Å². The van der Waals surface area contributed by atoms with Crippen LogP contribution in [0.2, 0.25) is 0 Å². The Morgan fingerprint density at radius 1 is 1.04 bits per heavy atom. The van der Waals surface area contributed by atoms with Crippen molar-refractivity contribution < 1.29 is 0 Å². The van der Waals surface area contributed by atoms with Crippen LogP contribution in [0.4, 0.5) is 11.5 Å². The molecule has 6 heteroatoms. The first-order chi connectivity index (χ1) is 13.8. The topological polar surface area (TPSA) is 72.0 Å². The van der Waals surface area contributed by atoms with Crippen molar-refractivity contribution in [3.8, 4) is 11.1 Å². The Balaban J connectivity index is 1.41. The number of nitrogens with zero attached hydrogens (tertiary/aromatic N) is 4. The molecule has 3 N–H and O–H groups in total. The van der Waals surface area contributed by atoms with E-state index in [1.165, 1.54) is 11.1 Å². The zero-order chi connectivity index (χ0) is 18.9. The molecule has 2 aliphatic rings. The minimum Gasteiger partial charge on any atom is -0.382 e. The molecule has 0 saturated carbocycles. The molecule has 1 aromatic carbocycles. The van der Waals surface area contributed by atoms with Gasteiger partial charge in [0.1, 0.15) is 5.82 Å². The van der Waals surface area contributed by atoms with Gasteiger partial charge in [-0.05, 0) is 49.5 Å². The minimum atomic E-state index is 0.481. The molecule has 144 valence electrons. The monoisotopic (exact) mass is 374 g/mol. The van der Waals surface area contributed by atoms with Gasteiger partial charge >= 0.3 is 0 Å². The normalized spacial score (nSPS) is 17.5. The fourth-order valence-corrected chi connectivity index (χ4v) is 4.33. The fourth-order valence-electron chi connectivity index (χ4n) is 4.33. The van der Waals surface area contributed by atoms with Gasteiger partial charge in [-0.3, -0.25) is 4.68 Å². The third-order valence-electron chi connectivity index (χ3n) is 5.99. The van der Waals surface area contributed by atoms with Gasteiger partial charge in [-0.15, -0.1) is 0 Å². The highest BCUT2D eigenvalue weighted by Crippen LogP contribution is 2.32. The van der Waals surface area contributed by atoms with Gasteiger partial charge in [0.15, 0.2) is 0 Å². The smallest absolute Gasteiger partial charge is 0.147 e. The lowest BCUT2D eigenvalue weighted by Gasteiger charge is -2.31. The molecule has 3 aromatic rings. The number of nitrogens with two attached hydrogens (primary N) is 1. The van der Waals surface area contributed by atoms with Crippen LogP contribution in [-0.2, 0) is 13.0 Å². The Labute approximate surface area is 165 Å². The molecule has 0 unspecified atom stereocenters. The van der Waals surface area contributed by atoms with E-state index in [9.17, 15) is 0 Å². The maximum absolute atomic E-state index is 6.26. The Morgan fingerprint density at radius 3 is 2.71 bits per heavy atom. The average molecular weight is 374 g/mol. The van der Waals surface area contributed by atoms with Crippen molar-refractivity contribution in [3.63, 3.8) is 0 Å². The van der Waals surface area contributed by atoms with Crippen LogP contribution in [-0.4, -0.2) is 34.4 Å². The van der Waals surface area contributed by atoms with Crippen LogP contribution < -0.4 is 16.0 Å². The van der Waals surface area contributed by atoms with E-state index in [1.807, 2.05) is 12.4 Å². The number of pyridine rings is 1. The second-order valence-corrected chi connectivity index (χ2v) is 7.76. The lowest BCUT2D eigenvalue weighted by Crippen LogP contribution is -2.31. The van der Waals surface area contributed by atoms with Crippen LogP contribution >= 0.6 is 0 Å². The molecule has 0 aliphatic carbocycles. The van der Waals surface area contributed by atoms with E-state index >= 15 is 0 Å². The summed E-state index contributed by atoms with van der Waals surface area (Å²) in [7, 11) is 0. The average Bonchev–Trinajstić information content (AvgIpc) is 3.25. The predicted octanol–water partition coefficient (Wildman–Crippen LogP) is 3.01. The van der Waals surface area contributed by atoms with E-state index < -0.39 is 0 Å². The highest BCUT2D eigenvalue weighted by atomic mass is 15.3. The Kier molecular flexibility index (Phi) is 4.49. The first-order valence-electron chi connectivity index (χ1n) is 10.1. The van der Waals surface area contributed by atoms with E-state index in [0.29, 0.717) is 11.9 Å². The third kappa shape index (κ3) is 3.24. The van der Waals surface area contributed by atoms with Crippen LogP contribution in [0.25, 0.3) is 11.1 Å². The van der Waals surface area contributed by atoms with Crippen molar-refractivity contribution in [1.29, 1.82) is 0 Å². The van der Waals surface area contributed by atoms with Crippen LogP contribution in [0.3, 0.4) is 0 Å². The minimum absolute atomic E-state index is 0.481. The predicted molar refractivity (Wildman–Crippen MR) is 112 cm³/mol. The number of hydrogen-bond donors (Lipinski definition) is 2. The van der Waals surface area contributed by atoms with Crippen LogP contribution in [0.15, 0.2) is 48.9 Å². The zero-order valence-corrected chi connectivity index (χ0v) is 16.0. The van der Waals surface area contributed by atoms with E-state index in [2.05, 4.69) is 61.5 Å². The molecule has 0 amide bonds. The maximum atomic E-state index is 6.26. The standard InChI is InChI=1S/C22H26N6/c23-22-21(27-10-7-16-3-1-2-4-17(16)14-27)11-18(12-25-22)19-13-26-28(15-19)20-5-8-24-9-6-20/h1-4,11-13,15,20,24H,5-10,14H2,(H2,23,25). The van der Waals surface area contributed by atoms with E-state index in [1.54, 1.807) is 0 Å². The fraction of sp³-hybridized carbons (Fsp3) is 0.364. The number of fused-ring (bicyclic) bond motifs is 1. The molecule has 1 saturated heterocycles. The molecule has 6 nitrogen and oxygen atoms in total. The molecule has 5 rings (SSSR count). The summed E-state index contributed by atoms with van der Waals surface area (Å²) in [5, 5.41) is 8.04. The molecule has 4 heterocycles. The summed E-state index contributed by atoms with van der Waals surface area (Å²) in [6, 6.07) is 11.3. The first kappa shape index (κ1) is 17.3. The molecule has 0 radical (unpaired) electrons. The first-order valence-corrected chi connectivity index (χ1v) is 10.1. The van der Waals surface area contributed by atoms with Crippen molar-refractivity contribution in [3.05, 3.63) is 60.0 Å². The SMILES string of the molecule is Nc1ncc(-c2cnn(C3CCNCC3)c2)cc1N1CCc2ccccc2C1. The summed E-state index contributed by atoms with van der Waals surface area (Å²) in [4.78, 5) is 6.84. The van der Waals surface area contributed by atoms with Crippen molar-refractivity contribution in [2.75, 3.05) is 30.3 Å². The number of rotatable bonds is 3. The molecule has 0 spiro atoms. The molecule has 0 bridgehead atoms. The van der Waals surface area contributed by atoms with Crippen molar-refractivity contribution in [2.24, 2.45) is 0 Å². The van der Waals surface area contributed by atoms with Gasteiger partial charge in [-0.2, -0.15) is 5.10 Å². The molecule has 0 atom stereocenters. The number of nitrogens with one attached hydrogen (secondary N) is 1. The Bertz CT molecular complexity index is 973. The largest absolute Gasteiger partial charge is 0.382 e. The number of aromatic nitrogens is 3. The number of benzene rings is 1. The van der Waals surface area contributed by atoms with Gasteiger partial charge < -0.3 is 16.0 Å². The van der Waals surface area contributed by atoms with Gasteiger partial charge in [-0.1, -0.05) is 24.3 Å². The van der Waals surface area contributed by atoms with Gasteiger partial charge in [0.05, 0.1) is 17.9 Å². The molecular formula is C22H26N6. The van der Waals surface area contributed by atoms with E-state index in [-0.39, 0.29) is 0 Å². The van der Waals surface area contributed by atoms with Gasteiger partial charge in [0, 0.05) is 36.6 Å². The second-order valence-electron chi connectivity index (χ2n) is 7.76. The zero-order valence-electron chi connectivity index (χ0n) is 16.0. The Hall–Kier alpha value is -2.86. The van der Waals surface area contributed by atoms with E-state index in [0.717, 1.165) is 62.3 Å². The molecule has 2 aromatic heterocycles. The lowest BCUT2D eigenvalue weighted by molar-refractivity contribution is 0.343. The van der Waals surface area contributed by atoms with Gasteiger partial charge in [-0.25, -0.2) is 4.98 Å². The molecule has 28 heavy (non-hydrogen) atoms. The summed E-state index contributed by atoms with van der Waals surface area (Å²) in [5.74, 6) is 0.592. The maximum Gasteiger partial charge on any atom is 0.147 e. The quantitative estimate of drug-likeness (QED) is 0.737. The highest BCUT2D eigenvalue weighted by molar-refractivity contribution is 5.73. The van der Waals surface area contributed by atoms with Gasteiger partial charge in [0.2, 0.25) is 0 Å². The summed E-state index contributed by atoms with van der Waals surface area (Å²) < 4.78 is 2.11. The van der Waals surface area contributed by atoms with Gasteiger partial charge in [0.25, 0.3) is 0 Å². The van der Waals surface area contributed by atoms with Crippen LogP contribution in [0, 0.1) is 0 Å². The number of nitrogen functional groups attached to an aromatic ring is 1. The number of piperidine rings is 1. The molecule has 2 aliphatic heterocycles. The highest BCUT2D eigenvalue weighted by Gasteiger charge is 2.20. The summed E-state index contributed by atoms with van der Waals surface area (Å²) in [6.07, 6.45) is 9.25. The molecule has 1 fully saturated rings. The number of hydrogen-bond acceptors (Lipinski definition) is 5. The van der Waals surface area contributed by atoms with Crippen molar-refractivity contribution in [1.82, 2.24) is 20.1 Å². The van der Waals surface area contributed by atoms with Crippen LogP contribution in [0.5, 0.6) is 0 Å². The summed E-state index contributed by atoms with van der Waals surface area (Å²) in [5.41, 5.74) is 12.3. The lowest BCUT2D eigenvalue weighted by atomic mass is 9.99.